The number of hydrogen-bond donors (Lipinski definition) is 2. The summed E-state index contributed by atoms with van der Waals surface area (Å²) in [6.07, 6.45) is 2.77. The van der Waals surface area contributed by atoms with Crippen LogP contribution < -0.4 is 11.1 Å². The van der Waals surface area contributed by atoms with Crippen LogP contribution >= 0.6 is 23.1 Å². The Morgan fingerprint density at radius 2 is 2.04 bits per heavy atom. The Morgan fingerprint density at radius 3 is 2.62 bits per heavy atom. The number of carbonyl (C=O) groups excluding carboxylic acids is 2. The van der Waals surface area contributed by atoms with Crippen LogP contribution in [0.2, 0.25) is 0 Å². The van der Waals surface area contributed by atoms with E-state index in [-0.39, 0.29) is 17.6 Å². The number of thioether (sulfide) groups is 1. The smallest absolute Gasteiger partial charge is 0.236 e. The second-order valence-corrected chi connectivity index (χ2v) is 8.15. The Bertz CT molecular complexity index is 754. The molecule has 1 saturated carbocycles. The van der Waals surface area contributed by atoms with Gasteiger partial charge in [-0.3, -0.25) is 9.59 Å². The molecule has 5 nitrogen and oxygen atoms in total. The van der Waals surface area contributed by atoms with Crippen LogP contribution in [0.1, 0.15) is 30.5 Å². The Labute approximate surface area is 149 Å². The molecule has 1 fully saturated rings. The largest absolute Gasteiger partial charge is 0.369 e. The summed E-state index contributed by atoms with van der Waals surface area (Å²) in [5.74, 6) is -0.152. The number of primary amides is 1. The number of carbonyl (C=O) groups is 2. The normalized spacial score (nSPS) is 15.5. The SMILES string of the molecule is Cc1nc(NC(=O)C2(c3ccccc3)CCC2)sc1SCC(N)=O. The third-order valence-electron chi connectivity index (χ3n) is 4.29. The summed E-state index contributed by atoms with van der Waals surface area (Å²) in [5, 5.41) is 3.55. The van der Waals surface area contributed by atoms with Gasteiger partial charge in [-0.25, -0.2) is 4.98 Å². The van der Waals surface area contributed by atoms with E-state index in [1.165, 1.54) is 23.1 Å². The molecule has 0 bridgehead atoms. The summed E-state index contributed by atoms with van der Waals surface area (Å²) in [4.78, 5) is 28.2. The van der Waals surface area contributed by atoms with Crippen molar-refractivity contribution in [2.24, 2.45) is 5.73 Å². The summed E-state index contributed by atoms with van der Waals surface area (Å²) in [5.41, 5.74) is 6.61. The minimum atomic E-state index is -0.443. The molecule has 0 aliphatic heterocycles. The molecule has 1 aliphatic carbocycles. The van der Waals surface area contributed by atoms with Gasteiger partial charge in [-0.2, -0.15) is 0 Å². The molecule has 126 valence electrons. The molecule has 3 rings (SSSR count). The van der Waals surface area contributed by atoms with E-state index in [1.807, 2.05) is 37.3 Å². The van der Waals surface area contributed by atoms with Crippen molar-refractivity contribution in [2.45, 2.75) is 35.8 Å². The Kier molecular flexibility index (Phi) is 4.91. The highest BCUT2D eigenvalue weighted by molar-refractivity contribution is 8.01. The van der Waals surface area contributed by atoms with Gasteiger partial charge in [-0.15, -0.1) is 11.8 Å². The van der Waals surface area contributed by atoms with Gasteiger partial charge >= 0.3 is 0 Å². The van der Waals surface area contributed by atoms with E-state index in [0.717, 1.165) is 34.7 Å². The lowest BCUT2D eigenvalue weighted by Crippen LogP contribution is -2.45. The molecule has 0 unspecified atom stereocenters. The van der Waals surface area contributed by atoms with Gasteiger partial charge < -0.3 is 11.1 Å². The molecule has 0 spiro atoms. The molecule has 2 aromatic rings. The van der Waals surface area contributed by atoms with Gasteiger partial charge in [-0.05, 0) is 25.3 Å². The van der Waals surface area contributed by atoms with Crippen molar-refractivity contribution in [3.05, 3.63) is 41.6 Å². The van der Waals surface area contributed by atoms with Gasteiger partial charge in [0.2, 0.25) is 11.8 Å². The number of nitrogens with two attached hydrogens (primary N) is 1. The molecular weight excluding hydrogens is 342 g/mol. The molecule has 0 atom stereocenters. The van der Waals surface area contributed by atoms with Gasteiger partial charge in [0.15, 0.2) is 5.13 Å². The first kappa shape index (κ1) is 17.0. The van der Waals surface area contributed by atoms with Crippen molar-refractivity contribution in [1.29, 1.82) is 0 Å². The number of nitrogens with zero attached hydrogens (tertiary/aromatic N) is 1. The van der Waals surface area contributed by atoms with Gasteiger partial charge in [-0.1, -0.05) is 48.1 Å². The summed E-state index contributed by atoms with van der Waals surface area (Å²) in [7, 11) is 0. The summed E-state index contributed by atoms with van der Waals surface area (Å²) >= 11 is 2.74. The number of aryl methyl sites for hydroxylation is 1. The Hall–Kier alpha value is -1.86. The first-order chi connectivity index (χ1) is 11.5. The molecule has 1 aliphatic rings. The van der Waals surface area contributed by atoms with Crippen LogP contribution in [-0.4, -0.2) is 22.6 Å². The van der Waals surface area contributed by atoms with E-state index < -0.39 is 5.41 Å². The number of thiazole rings is 1. The molecule has 7 heteroatoms. The lowest BCUT2D eigenvalue weighted by atomic mass is 9.64. The van der Waals surface area contributed by atoms with Crippen LogP contribution in [0.3, 0.4) is 0 Å². The average molecular weight is 361 g/mol. The molecule has 0 radical (unpaired) electrons. The predicted octanol–water partition coefficient (Wildman–Crippen LogP) is 3.09. The second-order valence-electron chi connectivity index (χ2n) is 5.90. The topological polar surface area (TPSA) is 85.1 Å². The lowest BCUT2D eigenvalue weighted by Gasteiger charge is -2.40. The van der Waals surface area contributed by atoms with Gasteiger partial charge in [0.05, 0.1) is 21.1 Å². The number of amides is 2. The fourth-order valence-corrected chi connectivity index (χ4v) is 4.73. The molecule has 1 aromatic carbocycles. The van der Waals surface area contributed by atoms with E-state index in [9.17, 15) is 9.59 Å². The van der Waals surface area contributed by atoms with E-state index in [4.69, 9.17) is 5.73 Å². The van der Waals surface area contributed by atoms with Crippen molar-refractivity contribution in [1.82, 2.24) is 4.98 Å². The molecule has 0 saturated heterocycles. The average Bonchev–Trinajstić information content (AvgIpc) is 2.85. The van der Waals surface area contributed by atoms with Gasteiger partial charge in [0.1, 0.15) is 0 Å². The maximum Gasteiger partial charge on any atom is 0.236 e. The summed E-state index contributed by atoms with van der Waals surface area (Å²) in [6, 6.07) is 9.92. The minimum absolute atomic E-state index is 0.000140. The van der Waals surface area contributed by atoms with Crippen LogP contribution in [-0.2, 0) is 15.0 Å². The minimum Gasteiger partial charge on any atom is -0.369 e. The highest BCUT2D eigenvalue weighted by Crippen LogP contribution is 2.45. The van der Waals surface area contributed by atoms with Crippen LogP contribution in [0.15, 0.2) is 34.5 Å². The second kappa shape index (κ2) is 6.94. The highest BCUT2D eigenvalue weighted by atomic mass is 32.2. The number of aromatic nitrogens is 1. The molecule has 1 heterocycles. The zero-order valence-electron chi connectivity index (χ0n) is 13.4. The number of hydrogen-bond acceptors (Lipinski definition) is 5. The maximum atomic E-state index is 12.9. The molecular formula is C17H19N3O2S2. The van der Waals surface area contributed by atoms with Crippen LogP contribution in [0, 0.1) is 6.92 Å². The zero-order valence-corrected chi connectivity index (χ0v) is 15.0. The summed E-state index contributed by atoms with van der Waals surface area (Å²) in [6.45, 7) is 1.87. The lowest BCUT2D eigenvalue weighted by molar-refractivity contribution is -0.124. The predicted molar refractivity (Wildman–Crippen MR) is 97.4 cm³/mol. The first-order valence-electron chi connectivity index (χ1n) is 7.77. The van der Waals surface area contributed by atoms with Crippen LogP contribution in [0.25, 0.3) is 0 Å². The fraction of sp³-hybridized carbons (Fsp3) is 0.353. The monoisotopic (exact) mass is 361 g/mol. The van der Waals surface area contributed by atoms with Crippen molar-refractivity contribution in [2.75, 3.05) is 11.1 Å². The van der Waals surface area contributed by atoms with Crippen molar-refractivity contribution < 1.29 is 9.59 Å². The first-order valence-corrected chi connectivity index (χ1v) is 9.57. The third-order valence-corrected chi connectivity index (χ3v) is 6.75. The van der Waals surface area contributed by atoms with E-state index in [0.29, 0.717) is 5.13 Å². The maximum absolute atomic E-state index is 12.9. The van der Waals surface area contributed by atoms with E-state index in [2.05, 4.69) is 10.3 Å². The van der Waals surface area contributed by atoms with Crippen molar-refractivity contribution >= 4 is 40.0 Å². The number of benzene rings is 1. The standard InChI is InChI=1S/C17H19N3O2S2/c1-11-14(23-10-13(18)21)24-16(19-11)20-15(22)17(8-5-9-17)12-6-3-2-4-7-12/h2-4,6-7H,5,8-10H2,1H3,(H2,18,21)(H,19,20,22). The Morgan fingerprint density at radius 1 is 1.33 bits per heavy atom. The van der Waals surface area contributed by atoms with Crippen LogP contribution in [0.4, 0.5) is 5.13 Å². The highest BCUT2D eigenvalue weighted by Gasteiger charge is 2.45. The Balaban J connectivity index is 1.75. The number of nitrogens with one attached hydrogen (secondary N) is 1. The number of rotatable bonds is 6. The number of anilines is 1. The quantitative estimate of drug-likeness (QED) is 0.774. The third kappa shape index (κ3) is 3.32. The molecule has 1 aromatic heterocycles. The van der Waals surface area contributed by atoms with Gasteiger partial charge in [0.25, 0.3) is 0 Å². The zero-order chi connectivity index (χ0) is 17.2. The van der Waals surface area contributed by atoms with E-state index in [1.54, 1.807) is 0 Å². The van der Waals surface area contributed by atoms with Crippen LogP contribution in [0.5, 0.6) is 0 Å². The van der Waals surface area contributed by atoms with Crippen molar-refractivity contribution in [3.8, 4) is 0 Å². The fourth-order valence-electron chi connectivity index (χ4n) is 2.86. The van der Waals surface area contributed by atoms with E-state index >= 15 is 0 Å². The van der Waals surface area contributed by atoms with Gasteiger partial charge in [0, 0.05) is 0 Å². The van der Waals surface area contributed by atoms with Crippen molar-refractivity contribution in [3.63, 3.8) is 0 Å². The molecule has 2 amide bonds. The molecule has 3 N–H and O–H groups in total. The summed E-state index contributed by atoms with van der Waals surface area (Å²) < 4.78 is 0.909. The molecule has 24 heavy (non-hydrogen) atoms.